The standard InChI is InChI=1S/C16H24F2N2O/c1-4-7-19-16(13-10-20(3)8-9-21-13)14-12(17)6-5-11(2)15(14)18/h5-6,13,16,19H,4,7-10H2,1-3H3. The van der Waals surface area contributed by atoms with Crippen LogP contribution in [0.1, 0.15) is 30.5 Å². The molecule has 0 spiro atoms. The molecule has 1 aliphatic rings. The minimum Gasteiger partial charge on any atom is -0.374 e. The Bertz CT molecular complexity index is 482. The zero-order valence-corrected chi connectivity index (χ0v) is 13.0. The van der Waals surface area contributed by atoms with Gasteiger partial charge in [0.25, 0.3) is 0 Å². The molecule has 1 aromatic rings. The summed E-state index contributed by atoms with van der Waals surface area (Å²) < 4.78 is 34.4. The summed E-state index contributed by atoms with van der Waals surface area (Å²) in [4.78, 5) is 2.13. The number of halogens is 2. The van der Waals surface area contributed by atoms with Crippen LogP contribution < -0.4 is 5.32 Å². The molecule has 0 saturated carbocycles. The highest BCUT2D eigenvalue weighted by molar-refractivity contribution is 5.30. The average Bonchev–Trinajstić information content (AvgIpc) is 2.46. The Morgan fingerprint density at radius 1 is 1.43 bits per heavy atom. The molecule has 0 aromatic heterocycles. The van der Waals surface area contributed by atoms with Crippen molar-refractivity contribution in [1.82, 2.24) is 10.2 Å². The molecular formula is C16H24F2N2O. The van der Waals surface area contributed by atoms with Crippen molar-refractivity contribution in [1.29, 1.82) is 0 Å². The first-order valence-corrected chi connectivity index (χ1v) is 7.52. The Morgan fingerprint density at radius 3 is 2.86 bits per heavy atom. The van der Waals surface area contributed by atoms with Gasteiger partial charge >= 0.3 is 0 Å². The molecule has 0 amide bonds. The van der Waals surface area contributed by atoms with E-state index in [1.54, 1.807) is 6.92 Å². The van der Waals surface area contributed by atoms with E-state index in [0.29, 0.717) is 25.3 Å². The normalized spacial score (nSPS) is 21.5. The summed E-state index contributed by atoms with van der Waals surface area (Å²) in [5.41, 5.74) is 0.558. The summed E-state index contributed by atoms with van der Waals surface area (Å²) in [5.74, 6) is -0.982. The number of aryl methyl sites for hydroxylation is 1. The molecule has 1 aromatic carbocycles. The van der Waals surface area contributed by atoms with Crippen LogP contribution in [0.4, 0.5) is 8.78 Å². The fourth-order valence-corrected chi connectivity index (χ4v) is 2.70. The molecule has 21 heavy (non-hydrogen) atoms. The molecule has 0 aliphatic carbocycles. The van der Waals surface area contributed by atoms with E-state index in [4.69, 9.17) is 4.74 Å². The van der Waals surface area contributed by atoms with Crippen LogP contribution in [0.2, 0.25) is 0 Å². The van der Waals surface area contributed by atoms with Crippen molar-refractivity contribution in [2.24, 2.45) is 0 Å². The van der Waals surface area contributed by atoms with Gasteiger partial charge in [0.15, 0.2) is 0 Å². The molecule has 118 valence electrons. The first-order valence-electron chi connectivity index (χ1n) is 7.52. The second-order valence-electron chi connectivity index (χ2n) is 5.70. The predicted molar refractivity (Wildman–Crippen MR) is 79.4 cm³/mol. The molecule has 1 aliphatic heterocycles. The van der Waals surface area contributed by atoms with E-state index in [9.17, 15) is 8.78 Å². The van der Waals surface area contributed by atoms with Gasteiger partial charge in [0, 0.05) is 18.7 Å². The number of hydrogen-bond donors (Lipinski definition) is 1. The van der Waals surface area contributed by atoms with Crippen molar-refractivity contribution in [2.75, 3.05) is 33.3 Å². The first-order chi connectivity index (χ1) is 10.0. The Morgan fingerprint density at radius 2 is 2.19 bits per heavy atom. The minimum absolute atomic E-state index is 0.101. The van der Waals surface area contributed by atoms with E-state index in [1.165, 1.54) is 12.1 Å². The van der Waals surface area contributed by atoms with Crippen LogP contribution in [0.5, 0.6) is 0 Å². The van der Waals surface area contributed by atoms with Gasteiger partial charge in [-0.2, -0.15) is 0 Å². The van der Waals surface area contributed by atoms with Gasteiger partial charge in [-0.15, -0.1) is 0 Å². The third kappa shape index (κ3) is 3.78. The molecule has 1 heterocycles. The van der Waals surface area contributed by atoms with Gasteiger partial charge in [-0.1, -0.05) is 13.0 Å². The van der Waals surface area contributed by atoms with Gasteiger partial charge in [-0.3, -0.25) is 0 Å². The molecule has 0 bridgehead atoms. The monoisotopic (exact) mass is 298 g/mol. The summed E-state index contributed by atoms with van der Waals surface area (Å²) in [6.45, 7) is 6.47. The van der Waals surface area contributed by atoms with Crippen molar-refractivity contribution in [3.63, 3.8) is 0 Å². The van der Waals surface area contributed by atoms with Crippen LogP contribution in [0.3, 0.4) is 0 Å². The van der Waals surface area contributed by atoms with E-state index < -0.39 is 17.7 Å². The summed E-state index contributed by atoms with van der Waals surface area (Å²) in [5, 5.41) is 3.25. The van der Waals surface area contributed by atoms with E-state index in [0.717, 1.165) is 13.0 Å². The zero-order valence-electron chi connectivity index (χ0n) is 13.0. The van der Waals surface area contributed by atoms with Gasteiger partial charge in [0.2, 0.25) is 0 Å². The molecule has 1 saturated heterocycles. The van der Waals surface area contributed by atoms with Crippen LogP contribution in [-0.4, -0.2) is 44.3 Å². The van der Waals surface area contributed by atoms with Crippen LogP contribution in [0.25, 0.3) is 0 Å². The first kappa shape index (κ1) is 16.3. The molecule has 5 heteroatoms. The maximum atomic E-state index is 14.4. The van der Waals surface area contributed by atoms with Crippen LogP contribution >= 0.6 is 0 Å². The number of benzene rings is 1. The average molecular weight is 298 g/mol. The summed E-state index contributed by atoms with van der Waals surface area (Å²) in [6, 6.07) is 2.34. The van der Waals surface area contributed by atoms with Gasteiger partial charge in [0.1, 0.15) is 11.6 Å². The summed E-state index contributed by atoms with van der Waals surface area (Å²) in [6.07, 6.45) is 0.648. The molecule has 1 N–H and O–H groups in total. The molecule has 3 nitrogen and oxygen atoms in total. The Hall–Kier alpha value is -1.04. The number of likely N-dealkylation sites (N-methyl/N-ethyl adjacent to an activating group) is 1. The minimum atomic E-state index is -0.511. The summed E-state index contributed by atoms with van der Waals surface area (Å²) in [7, 11) is 2.00. The van der Waals surface area contributed by atoms with Crippen molar-refractivity contribution in [2.45, 2.75) is 32.4 Å². The number of nitrogens with one attached hydrogen (secondary N) is 1. The predicted octanol–water partition coefficient (Wildman–Crippen LogP) is 2.64. The molecule has 2 unspecified atom stereocenters. The Kier molecular flexibility index (Phi) is 5.67. The second-order valence-corrected chi connectivity index (χ2v) is 5.70. The lowest BCUT2D eigenvalue weighted by atomic mass is 9.96. The van der Waals surface area contributed by atoms with E-state index in [1.807, 2.05) is 14.0 Å². The van der Waals surface area contributed by atoms with Crippen molar-refractivity contribution >= 4 is 0 Å². The van der Waals surface area contributed by atoms with Crippen molar-refractivity contribution in [3.8, 4) is 0 Å². The lowest BCUT2D eigenvalue weighted by Gasteiger charge is -2.36. The number of nitrogens with zero attached hydrogens (tertiary/aromatic N) is 1. The van der Waals surface area contributed by atoms with Crippen LogP contribution in [-0.2, 0) is 4.74 Å². The van der Waals surface area contributed by atoms with Crippen LogP contribution in [0, 0.1) is 18.6 Å². The molecular weight excluding hydrogens is 274 g/mol. The topological polar surface area (TPSA) is 24.5 Å². The Balaban J connectivity index is 2.33. The molecule has 1 fully saturated rings. The maximum absolute atomic E-state index is 14.4. The SMILES string of the molecule is CCCNC(c1c(F)ccc(C)c1F)C1CN(C)CCO1. The third-order valence-electron chi connectivity index (χ3n) is 3.91. The van der Waals surface area contributed by atoms with Gasteiger partial charge < -0.3 is 15.0 Å². The second kappa shape index (κ2) is 7.29. The fourth-order valence-electron chi connectivity index (χ4n) is 2.70. The number of rotatable bonds is 5. The smallest absolute Gasteiger partial charge is 0.133 e. The largest absolute Gasteiger partial charge is 0.374 e. The number of ether oxygens (including phenoxy) is 1. The van der Waals surface area contributed by atoms with Crippen molar-refractivity contribution < 1.29 is 13.5 Å². The fraction of sp³-hybridized carbons (Fsp3) is 0.625. The summed E-state index contributed by atoms with van der Waals surface area (Å²) >= 11 is 0. The van der Waals surface area contributed by atoms with Gasteiger partial charge in [0.05, 0.1) is 18.8 Å². The quantitative estimate of drug-likeness (QED) is 0.904. The van der Waals surface area contributed by atoms with Gasteiger partial charge in [-0.05, 0) is 38.6 Å². The Labute approximate surface area is 125 Å². The number of hydrogen-bond acceptors (Lipinski definition) is 3. The highest BCUT2D eigenvalue weighted by atomic mass is 19.1. The highest BCUT2D eigenvalue weighted by Crippen LogP contribution is 2.28. The lowest BCUT2D eigenvalue weighted by molar-refractivity contribution is -0.0403. The van der Waals surface area contributed by atoms with E-state index in [2.05, 4.69) is 10.2 Å². The molecule has 2 atom stereocenters. The maximum Gasteiger partial charge on any atom is 0.133 e. The third-order valence-corrected chi connectivity index (χ3v) is 3.91. The molecule has 2 rings (SSSR count). The van der Waals surface area contributed by atoms with E-state index >= 15 is 0 Å². The van der Waals surface area contributed by atoms with Crippen molar-refractivity contribution in [3.05, 3.63) is 34.9 Å². The van der Waals surface area contributed by atoms with Crippen LogP contribution in [0.15, 0.2) is 12.1 Å². The van der Waals surface area contributed by atoms with E-state index in [-0.39, 0.29) is 11.7 Å². The molecule has 0 radical (unpaired) electrons. The lowest BCUT2D eigenvalue weighted by Crippen LogP contribution is -2.47. The zero-order chi connectivity index (χ0) is 15.4. The highest BCUT2D eigenvalue weighted by Gasteiger charge is 2.32. The number of morpholine rings is 1. The van der Waals surface area contributed by atoms with Gasteiger partial charge in [-0.25, -0.2) is 8.78 Å².